The van der Waals surface area contributed by atoms with Gasteiger partial charge in [-0.25, -0.2) is 4.98 Å². The van der Waals surface area contributed by atoms with Crippen LogP contribution in [0.4, 0.5) is 0 Å². The molecule has 4 heteroatoms. The van der Waals surface area contributed by atoms with Crippen molar-refractivity contribution >= 4 is 11.6 Å². The molecule has 0 amide bonds. The number of aromatic nitrogens is 1. The van der Waals surface area contributed by atoms with E-state index in [1.165, 1.54) is 0 Å². The maximum Gasteiger partial charge on any atom is 0.134 e. The average Bonchev–Trinajstić information content (AvgIpc) is 2.19. The fourth-order valence-electron chi connectivity index (χ4n) is 1.24. The van der Waals surface area contributed by atoms with Crippen molar-refractivity contribution < 1.29 is 5.11 Å². The van der Waals surface area contributed by atoms with E-state index in [0.29, 0.717) is 17.1 Å². The highest BCUT2D eigenvalue weighted by atomic mass is 35.5. The molecule has 3 N–H and O–H groups in total. The van der Waals surface area contributed by atoms with E-state index in [4.69, 9.17) is 17.3 Å². The molecule has 1 aromatic rings. The first-order valence-corrected chi connectivity index (χ1v) is 4.99. The van der Waals surface area contributed by atoms with E-state index in [1.54, 1.807) is 6.20 Å². The highest BCUT2D eigenvalue weighted by Crippen LogP contribution is 2.24. The topological polar surface area (TPSA) is 59.1 Å². The van der Waals surface area contributed by atoms with Gasteiger partial charge < -0.3 is 10.8 Å². The minimum atomic E-state index is -0.736. The average molecular weight is 215 g/mol. The number of aryl methyl sites for hydroxylation is 1. The van der Waals surface area contributed by atoms with Crippen LogP contribution >= 0.6 is 11.6 Å². The van der Waals surface area contributed by atoms with Gasteiger partial charge in [0.05, 0.1) is 6.10 Å². The second kappa shape index (κ2) is 4.73. The predicted molar refractivity (Wildman–Crippen MR) is 57.2 cm³/mol. The number of aliphatic hydroxyl groups excluding tert-OH is 1. The Labute approximate surface area is 88.9 Å². The molecule has 0 spiro atoms. The molecule has 78 valence electrons. The van der Waals surface area contributed by atoms with E-state index in [2.05, 4.69) is 4.98 Å². The lowest BCUT2D eigenvalue weighted by Crippen LogP contribution is -2.27. The Morgan fingerprint density at radius 1 is 1.64 bits per heavy atom. The summed E-state index contributed by atoms with van der Waals surface area (Å²) in [6.45, 7) is 3.82. The Kier molecular flexibility index (Phi) is 3.86. The monoisotopic (exact) mass is 214 g/mol. The summed E-state index contributed by atoms with van der Waals surface area (Å²) in [6, 6.07) is 1.52. The molecule has 0 saturated carbocycles. The third-order valence-corrected chi connectivity index (χ3v) is 2.51. The molecule has 0 aliphatic carbocycles. The minimum absolute atomic E-state index is 0.295. The predicted octanol–water partition coefficient (Wildman–Crippen LogP) is 1.81. The van der Waals surface area contributed by atoms with Crippen molar-refractivity contribution in [2.75, 3.05) is 0 Å². The van der Waals surface area contributed by atoms with Crippen molar-refractivity contribution in [2.45, 2.75) is 32.4 Å². The second-order valence-electron chi connectivity index (χ2n) is 3.41. The van der Waals surface area contributed by atoms with Crippen LogP contribution in [0, 0.1) is 6.92 Å². The van der Waals surface area contributed by atoms with Crippen LogP contribution in [0.25, 0.3) is 0 Å². The van der Waals surface area contributed by atoms with E-state index >= 15 is 0 Å². The van der Waals surface area contributed by atoms with Crippen molar-refractivity contribution in [2.24, 2.45) is 5.73 Å². The molecular weight excluding hydrogens is 200 g/mol. The first-order chi connectivity index (χ1) is 6.56. The van der Waals surface area contributed by atoms with E-state index in [1.807, 2.05) is 19.9 Å². The van der Waals surface area contributed by atoms with Crippen LogP contribution in [0.3, 0.4) is 0 Å². The lowest BCUT2D eigenvalue weighted by molar-refractivity contribution is 0.144. The maximum atomic E-state index is 9.84. The van der Waals surface area contributed by atoms with E-state index in [9.17, 15) is 5.11 Å². The van der Waals surface area contributed by atoms with Gasteiger partial charge in [-0.1, -0.05) is 18.5 Å². The van der Waals surface area contributed by atoms with Gasteiger partial charge >= 0.3 is 0 Å². The molecule has 1 aromatic heterocycles. The number of hydrogen-bond donors (Lipinski definition) is 2. The zero-order valence-corrected chi connectivity index (χ0v) is 9.12. The molecule has 1 rings (SSSR count). The summed E-state index contributed by atoms with van der Waals surface area (Å²) in [5.41, 5.74) is 7.31. The summed E-state index contributed by atoms with van der Waals surface area (Å²) in [6.07, 6.45) is 1.63. The van der Waals surface area contributed by atoms with Gasteiger partial charge in [0.25, 0.3) is 0 Å². The lowest BCUT2D eigenvalue weighted by atomic mass is 10.0. The van der Waals surface area contributed by atoms with Crippen molar-refractivity contribution in [1.82, 2.24) is 4.98 Å². The van der Waals surface area contributed by atoms with Crippen molar-refractivity contribution in [3.8, 4) is 0 Å². The summed E-state index contributed by atoms with van der Waals surface area (Å²) in [5, 5.41) is 10.2. The van der Waals surface area contributed by atoms with Gasteiger partial charge in [-0.3, -0.25) is 0 Å². The first-order valence-electron chi connectivity index (χ1n) is 4.62. The van der Waals surface area contributed by atoms with Gasteiger partial charge in [-0.05, 0) is 25.0 Å². The molecular formula is C10H15ClN2O. The molecule has 0 aliphatic rings. The van der Waals surface area contributed by atoms with E-state index in [-0.39, 0.29) is 6.04 Å². The molecule has 0 saturated heterocycles. The van der Waals surface area contributed by atoms with Crippen LogP contribution in [-0.2, 0) is 0 Å². The summed E-state index contributed by atoms with van der Waals surface area (Å²) < 4.78 is 0. The Hall–Kier alpha value is -0.640. The number of hydrogen-bond acceptors (Lipinski definition) is 3. The van der Waals surface area contributed by atoms with Gasteiger partial charge in [0, 0.05) is 17.8 Å². The normalized spacial score (nSPS) is 15.2. The summed E-state index contributed by atoms with van der Waals surface area (Å²) in [7, 11) is 0. The standard InChI is InChI=1S/C10H15ClN2O/c1-3-8(12)9(14)7-4-6(2)5-13-10(7)11/h4-5,8-9,14H,3,12H2,1-2H3. The SMILES string of the molecule is CCC(N)C(O)c1cc(C)cnc1Cl. The van der Waals surface area contributed by atoms with E-state index < -0.39 is 6.10 Å². The Morgan fingerprint density at radius 3 is 2.86 bits per heavy atom. The second-order valence-corrected chi connectivity index (χ2v) is 3.77. The van der Waals surface area contributed by atoms with Crippen LogP contribution in [-0.4, -0.2) is 16.1 Å². The molecule has 0 fully saturated rings. The highest BCUT2D eigenvalue weighted by Gasteiger charge is 2.18. The van der Waals surface area contributed by atoms with Gasteiger partial charge in [0.15, 0.2) is 0 Å². The third-order valence-electron chi connectivity index (χ3n) is 2.20. The van der Waals surface area contributed by atoms with Gasteiger partial charge in [-0.2, -0.15) is 0 Å². The van der Waals surface area contributed by atoms with Crippen molar-refractivity contribution in [3.05, 3.63) is 28.5 Å². The number of nitrogens with zero attached hydrogens (tertiary/aromatic N) is 1. The molecule has 3 nitrogen and oxygen atoms in total. The quantitative estimate of drug-likeness (QED) is 0.755. The fourth-order valence-corrected chi connectivity index (χ4v) is 1.45. The summed E-state index contributed by atoms with van der Waals surface area (Å²) in [5.74, 6) is 0. The summed E-state index contributed by atoms with van der Waals surface area (Å²) >= 11 is 5.87. The first kappa shape index (κ1) is 11.4. The van der Waals surface area contributed by atoms with Crippen LogP contribution in [0.15, 0.2) is 12.3 Å². The number of rotatable bonds is 3. The number of nitrogens with two attached hydrogens (primary N) is 1. The minimum Gasteiger partial charge on any atom is -0.387 e. The van der Waals surface area contributed by atoms with Crippen molar-refractivity contribution in [1.29, 1.82) is 0 Å². The van der Waals surface area contributed by atoms with Crippen LogP contribution in [0.1, 0.15) is 30.6 Å². The van der Waals surface area contributed by atoms with Crippen LogP contribution in [0.5, 0.6) is 0 Å². The highest BCUT2D eigenvalue weighted by molar-refractivity contribution is 6.30. The molecule has 2 unspecified atom stereocenters. The largest absolute Gasteiger partial charge is 0.387 e. The molecule has 0 bridgehead atoms. The molecule has 0 aromatic carbocycles. The molecule has 14 heavy (non-hydrogen) atoms. The number of halogens is 1. The molecule has 1 heterocycles. The Morgan fingerprint density at radius 2 is 2.29 bits per heavy atom. The smallest absolute Gasteiger partial charge is 0.134 e. The molecule has 0 radical (unpaired) electrons. The van der Waals surface area contributed by atoms with Gasteiger partial charge in [0.1, 0.15) is 5.15 Å². The Balaban J connectivity index is 2.99. The van der Waals surface area contributed by atoms with Gasteiger partial charge in [0.2, 0.25) is 0 Å². The lowest BCUT2D eigenvalue weighted by Gasteiger charge is -2.18. The zero-order chi connectivity index (χ0) is 10.7. The van der Waals surface area contributed by atoms with Crippen molar-refractivity contribution in [3.63, 3.8) is 0 Å². The fraction of sp³-hybridized carbons (Fsp3) is 0.500. The van der Waals surface area contributed by atoms with Gasteiger partial charge in [-0.15, -0.1) is 0 Å². The third kappa shape index (κ3) is 2.44. The number of pyridine rings is 1. The van der Waals surface area contributed by atoms with E-state index in [0.717, 1.165) is 5.56 Å². The van der Waals surface area contributed by atoms with Crippen LogP contribution < -0.4 is 5.73 Å². The Bertz CT molecular complexity index is 317. The van der Waals surface area contributed by atoms with Crippen LogP contribution in [0.2, 0.25) is 5.15 Å². The summed E-state index contributed by atoms with van der Waals surface area (Å²) in [4.78, 5) is 3.97. The zero-order valence-electron chi connectivity index (χ0n) is 8.37. The molecule has 2 atom stereocenters. The number of aliphatic hydroxyl groups is 1. The molecule has 0 aliphatic heterocycles. The maximum absolute atomic E-state index is 9.84.